The molecule has 2 aromatic rings. The molecule has 0 aliphatic carbocycles. The molecule has 1 heterocycles. The standard InChI is InChI=1S/C19H18FNO4/c20-15-5-2-4-14(12-15)19(7-9-25-10-8-19)18(24)21-16-6-1-3-13(11-16)17(22)23/h1-6,11-12H,7-10H2,(H,21,24)(H,22,23). The summed E-state index contributed by atoms with van der Waals surface area (Å²) >= 11 is 0. The molecule has 25 heavy (non-hydrogen) atoms. The summed E-state index contributed by atoms with van der Waals surface area (Å²) in [5, 5.41) is 11.9. The van der Waals surface area contributed by atoms with Crippen LogP contribution in [0.1, 0.15) is 28.8 Å². The molecule has 5 nitrogen and oxygen atoms in total. The summed E-state index contributed by atoms with van der Waals surface area (Å²) < 4.78 is 19.1. The number of halogens is 1. The van der Waals surface area contributed by atoms with Gasteiger partial charge in [0.2, 0.25) is 5.91 Å². The molecule has 2 aromatic carbocycles. The van der Waals surface area contributed by atoms with Crippen molar-refractivity contribution in [2.24, 2.45) is 0 Å². The number of amides is 1. The summed E-state index contributed by atoms with van der Waals surface area (Å²) in [6.45, 7) is 0.804. The summed E-state index contributed by atoms with van der Waals surface area (Å²) in [4.78, 5) is 24.1. The lowest BCUT2D eigenvalue weighted by Gasteiger charge is -2.36. The second-order valence-electron chi connectivity index (χ2n) is 6.04. The Balaban J connectivity index is 1.93. The number of ether oxygens (including phenoxy) is 1. The zero-order valence-corrected chi connectivity index (χ0v) is 13.5. The van der Waals surface area contributed by atoms with Gasteiger partial charge in [-0.2, -0.15) is 0 Å². The van der Waals surface area contributed by atoms with E-state index >= 15 is 0 Å². The fraction of sp³-hybridized carbons (Fsp3) is 0.263. The molecular formula is C19H18FNO4. The number of carboxylic acid groups (broad SMARTS) is 1. The van der Waals surface area contributed by atoms with Gasteiger partial charge in [0.25, 0.3) is 0 Å². The van der Waals surface area contributed by atoms with Crippen molar-refractivity contribution in [2.45, 2.75) is 18.3 Å². The molecule has 0 unspecified atom stereocenters. The number of carbonyl (C=O) groups is 2. The van der Waals surface area contributed by atoms with Crippen molar-refractivity contribution in [2.75, 3.05) is 18.5 Å². The van der Waals surface area contributed by atoms with Crippen LogP contribution in [0.4, 0.5) is 10.1 Å². The Morgan fingerprint density at radius 3 is 2.48 bits per heavy atom. The topological polar surface area (TPSA) is 75.6 Å². The zero-order chi connectivity index (χ0) is 17.9. The minimum Gasteiger partial charge on any atom is -0.478 e. The van der Waals surface area contributed by atoms with Crippen molar-refractivity contribution in [3.8, 4) is 0 Å². The first-order chi connectivity index (χ1) is 12.0. The molecule has 130 valence electrons. The lowest BCUT2D eigenvalue weighted by Crippen LogP contribution is -2.45. The van der Waals surface area contributed by atoms with Crippen LogP contribution < -0.4 is 5.32 Å². The quantitative estimate of drug-likeness (QED) is 0.894. The van der Waals surface area contributed by atoms with Crippen molar-refractivity contribution >= 4 is 17.6 Å². The van der Waals surface area contributed by atoms with E-state index in [1.807, 2.05) is 0 Å². The summed E-state index contributed by atoms with van der Waals surface area (Å²) in [5.41, 5.74) is 0.180. The lowest BCUT2D eigenvalue weighted by molar-refractivity contribution is -0.125. The Hall–Kier alpha value is -2.73. The average Bonchev–Trinajstić information content (AvgIpc) is 2.62. The molecule has 0 atom stereocenters. The van der Waals surface area contributed by atoms with E-state index in [9.17, 15) is 14.0 Å². The normalized spacial score (nSPS) is 16.2. The number of aromatic carboxylic acids is 1. The van der Waals surface area contributed by atoms with E-state index in [1.165, 1.54) is 24.3 Å². The molecule has 1 saturated heterocycles. The van der Waals surface area contributed by atoms with E-state index in [1.54, 1.807) is 24.3 Å². The Morgan fingerprint density at radius 2 is 1.80 bits per heavy atom. The molecule has 0 radical (unpaired) electrons. The van der Waals surface area contributed by atoms with Gasteiger partial charge in [0.15, 0.2) is 0 Å². The fourth-order valence-electron chi connectivity index (χ4n) is 3.13. The van der Waals surface area contributed by atoms with Gasteiger partial charge >= 0.3 is 5.97 Å². The van der Waals surface area contributed by atoms with Gasteiger partial charge in [-0.3, -0.25) is 4.79 Å². The second kappa shape index (κ2) is 7.03. The van der Waals surface area contributed by atoms with Crippen LogP contribution in [-0.2, 0) is 14.9 Å². The lowest BCUT2D eigenvalue weighted by atomic mass is 9.73. The molecule has 1 amide bonds. The largest absolute Gasteiger partial charge is 0.478 e. The van der Waals surface area contributed by atoms with Crippen LogP contribution in [0.25, 0.3) is 0 Å². The van der Waals surface area contributed by atoms with Gasteiger partial charge in [0, 0.05) is 18.9 Å². The highest BCUT2D eigenvalue weighted by molar-refractivity contribution is 6.00. The van der Waals surface area contributed by atoms with E-state index < -0.39 is 17.2 Å². The molecule has 0 spiro atoms. The molecule has 1 aliphatic rings. The molecule has 2 N–H and O–H groups in total. The molecule has 1 aliphatic heterocycles. The van der Waals surface area contributed by atoms with Crippen LogP contribution in [-0.4, -0.2) is 30.2 Å². The monoisotopic (exact) mass is 343 g/mol. The summed E-state index contributed by atoms with van der Waals surface area (Å²) in [6.07, 6.45) is 0.863. The average molecular weight is 343 g/mol. The van der Waals surface area contributed by atoms with Gasteiger partial charge in [-0.1, -0.05) is 18.2 Å². The molecule has 3 rings (SSSR count). The number of hydrogen-bond acceptors (Lipinski definition) is 3. The Kier molecular flexibility index (Phi) is 4.81. The van der Waals surface area contributed by atoms with Gasteiger partial charge in [0.05, 0.1) is 11.0 Å². The van der Waals surface area contributed by atoms with Crippen molar-refractivity contribution in [3.05, 3.63) is 65.5 Å². The minimum atomic E-state index is -1.07. The predicted octanol–water partition coefficient (Wildman–Crippen LogP) is 3.21. The molecule has 1 fully saturated rings. The third-order valence-corrected chi connectivity index (χ3v) is 4.53. The molecular weight excluding hydrogens is 325 g/mol. The van der Waals surface area contributed by atoms with E-state index in [2.05, 4.69) is 5.32 Å². The first kappa shape index (κ1) is 17.1. The Labute approximate surface area is 144 Å². The Morgan fingerprint density at radius 1 is 1.08 bits per heavy atom. The van der Waals surface area contributed by atoms with Gasteiger partial charge in [0.1, 0.15) is 5.82 Å². The highest BCUT2D eigenvalue weighted by Gasteiger charge is 2.42. The maximum atomic E-state index is 13.7. The van der Waals surface area contributed by atoms with Crippen LogP contribution in [0, 0.1) is 5.82 Å². The van der Waals surface area contributed by atoms with Crippen molar-refractivity contribution in [1.82, 2.24) is 0 Å². The third kappa shape index (κ3) is 3.53. The molecule has 0 bridgehead atoms. The number of hydrogen-bond donors (Lipinski definition) is 2. The SMILES string of the molecule is O=C(O)c1cccc(NC(=O)C2(c3cccc(F)c3)CCOCC2)c1. The van der Waals surface area contributed by atoms with Gasteiger partial charge in [-0.25, -0.2) is 9.18 Å². The van der Waals surface area contributed by atoms with Crippen molar-refractivity contribution in [3.63, 3.8) is 0 Å². The number of carbonyl (C=O) groups excluding carboxylic acids is 1. The maximum Gasteiger partial charge on any atom is 0.335 e. The predicted molar refractivity (Wildman–Crippen MR) is 90.2 cm³/mol. The van der Waals surface area contributed by atoms with Crippen LogP contribution in [0.15, 0.2) is 48.5 Å². The number of nitrogens with one attached hydrogen (secondary N) is 1. The zero-order valence-electron chi connectivity index (χ0n) is 13.5. The highest BCUT2D eigenvalue weighted by atomic mass is 19.1. The highest BCUT2D eigenvalue weighted by Crippen LogP contribution is 2.36. The van der Waals surface area contributed by atoms with Crippen molar-refractivity contribution < 1.29 is 23.8 Å². The molecule has 0 saturated carbocycles. The van der Waals surface area contributed by atoms with Crippen LogP contribution in [0.2, 0.25) is 0 Å². The first-order valence-corrected chi connectivity index (χ1v) is 8.00. The minimum absolute atomic E-state index is 0.0876. The molecule has 6 heteroatoms. The first-order valence-electron chi connectivity index (χ1n) is 8.00. The summed E-state index contributed by atoms with van der Waals surface area (Å²) in [6, 6.07) is 12.1. The van der Waals surface area contributed by atoms with Crippen LogP contribution in [0.5, 0.6) is 0 Å². The van der Waals surface area contributed by atoms with Gasteiger partial charge in [-0.15, -0.1) is 0 Å². The van der Waals surface area contributed by atoms with E-state index in [4.69, 9.17) is 9.84 Å². The van der Waals surface area contributed by atoms with E-state index in [0.717, 1.165) is 0 Å². The van der Waals surface area contributed by atoms with E-state index in [0.29, 0.717) is 37.3 Å². The number of rotatable bonds is 4. The van der Waals surface area contributed by atoms with Crippen molar-refractivity contribution in [1.29, 1.82) is 0 Å². The van der Waals surface area contributed by atoms with Crippen LogP contribution in [0.3, 0.4) is 0 Å². The number of carboxylic acids is 1. The third-order valence-electron chi connectivity index (χ3n) is 4.53. The Bertz CT molecular complexity index is 800. The summed E-state index contributed by atoms with van der Waals surface area (Å²) in [5.74, 6) is -1.75. The number of benzene rings is 2. The maximum absolute atomic E-state index is 13.7. The fourth-order valence-corrected chi connectivity index (χ4v) is 3.13. The van der Waals surface area contributed by atoms with Gasteiger partial charge in [-0.05, 0) is 48.7 Å². The van der Waals surface area contributed by atoms with E-state index in [-0.39, 0.29) is 11.5 Å². The number of anilines is 1. The smallest absolute Gasteiger partial charge is 0.335 e. The second-order valence-corrected chi connectivity index (χ2v) is 6.04. The van der Waals surface area contributed by atoms with Crippen LogP contribution >= 0.6 is 0 Å². The summed E-state index contributed by atoms with van der Waals surface area (Å²) in [7, 11) is 0. The molecule has 0 aromatic heterocycles. The van der Waals surface area contributed by atoms with Gasteiger partial charge < -0.3 is 15.2 Å².